The van der Waals surface area contributed by atoms with Gasteiger partial charge in [0.25, 0.3) is 0 Å². The largest absolute Gasteiger partial charge is 0.482 e. The molecule has 0 N–H and O–H groups in total. The summed E-state index contributed by atoms with van der Waals surface area (Å²) in [6.07, 6.45) is 0.847. The summed E-state index contributed by atoms with van der Waals surface area (Å²) in [7, 11) is 5.15. The molecule has 0 bridgehead atoms. The van der Waals surface area contributed by atoms with Gasteiger partial charge < -0.3 is 19.1 Å². The van der Waals surface area contributed by atoms with Crippen molar-refractivity contribution >= 4 is 17.6 Å². The van der Waals surface area contributed by atoms with E-state index in [-0.39, 0.29) is 12.7 Å². The second kappa shape index (κ2) is 11.1. The maximum Gasteiger partial charge on any atom is 0.343 e. The molecule has 5 nitrogen and oxygen atoms in total. The van der Waals surface area contributed by atoms with Crippen LogP contribution in [0.5, 0.6) is 5.75 Å². The Balaban J connectivity index is 1.90. The van der Waals surface area contributed by atoms with Crippen molar-refractivity contribution in [2.24, 2.45) is 0 Å². The van der Waals surface area contributed by atoms with E-state index in [4.69, 9.17) is 21.1 Å². The second-order valence-corrected chi connectivity index (χ2v) is 7.22. The molecule has 0 fully saturated rings. The molecule has 0 radical (unpaired) electrons. The normalized spacial score (nSPS) is 13.2. The van der Waals surface area contributed by atoms with E-state index in [2.05, 4.69) is 23.6 Å². The summed E-state index contributed by atoms with van der Waals surface area (Å²) in [5.41, 5.74) is 2.27. The van der Waals surface area contributed by atoms with Crippen molar-refractivity contribution in [3.8, 4) is 5.75 Å². The van der Waals surface area contributed by atoms with Gasteiger partial charge in [-0.05, 0) is 55.8 Å². The molecule has 2 aromatic carbocycles. The lowest BCUT2D eigenvalue weighted by Crippen LogP contribution is -2.34. The number of carbonyl (C=O) groups excluding carboxylic acids is 1. The predicted octanol–water partition coefficient (Wildman–Crippen LogP) is 4.14. The summed E-state index contributed by atoms with van der Waals surface area (Å²) < 4.78 is 15.6. The molecule has 6 heteroatoms. The monoisotopic (exact) mass is 405 g/mol. The number of halogens is 1. The molecule has 2 rings (SSSR count). The van der Waals surface area contributed by atoms with Gasteiger partial charge in [0, 0.05) is 24.7 Å². The molecule has 0 aromatic heterocycles. The van der Waals surface area contributed by atoms with E-state index in [0.717, 1.165) is 18.5 Å². The molecule has 0 heterocycles. The zero-order chi connectivity index (χ0) is 20.5. The fraction of sp³-hybridized carbons (Fsp3) is 0.409. The van der Waals surface area contributed by atoms with Crippen LogP contribution >= 0.6 is 11.6 Å². The number of carbonyl (C=O) groups is 1. The standard InChI is InChI=1S/C22H28ClNO4/c1-16(12-17-8-10-20(11-9-17)28-15-22(25)27-4)24(2)14-21(26-3)18-6-5-7-19(23)13-18/h5-11,13,16,21H,12,14-15H2,1-4H3/t16?,21-/m1/s1. The Morgan fingerprint density at radius 1 is 1.14 bits per heavy atom. The third kappa shape index (κ3) is 6.82. The van der Waals surface area contributed by atoms with Crippen LogP contribution in [0.1, 0.15) is 24.2 Å². The molecular formula is C22H28ClNO4. The molecule has 0 amide bonds. The smallest absolute Gasteiger partial charge is 0.343 e. The number of rotatable bonds is 10. The minimum atomic E-state index is -0.397. The van der Waals surface area contributed by atoms with E-state index in [1.807, 2.05) is 48.5 Å². The van der Waals surface area contributed by atoms with E-state index in [1.54, 1.807) is 7.11 Å². The van der Waals surface area contributed by atoms with Crippen LogP contribution in [0.2, 0.25) is 5.02 Å². The first-order valence-corrected chi connectivity index (χ1v) is 9.57. The minimum Gasteiger partial charge on any atom is -0.482 e. The van der Waals surface area contributed by atoms with Crippen LogP contribution in [0, 0.1) is 0 Å². The highest BCUT2D eigenvalue weighted by atomic mass is 35.5. The number of nitrogens with zero attached hydrogens (tertiary/aromatic N) is 1. The fourth-order valence-corrected chi connectivity index (χ4v) is 3.08. The molecule has 0 saturated carbocycles. The highest BCUT2D eigenvalue weighted by Crippen LogP contribution is 2.22. The average Bonchev–Trinajstić information content (AvgIpc) is 2.70. The highest BCUT2D eigenvalue weighted by Gasteiger charge is 2.18. The summed E-state index contributed by atoms with van der Waals surface area (Å²) in [4.78, 5) is 13.4. The lowest BCUT2D eigenvalue weighted by Gasteiger charge is -2.29. The van der Waals surface area contributed by atoms with Crippen LogP contribution in [0.25, 0.3) is 0 Å². The van der Waals surface area contributed by atoms with Gasteiger partial charge >= 0.3 is 5.97 Å². The van der Waals surface area contributed by atoms with E-state index in [0.29, 0.717) is 16.8 Å². The number of likely N-dealkylation sites (N-methyl/N-ethyl adjacent to an activating group) is 1. The molecule has 0 aliphatic rings. The van der Waals surface area contributed by atoms with Crippen LogP contribution in [-0.4, -0.2) is 51.3 Å². The summed E-state index contributed by atoms with van der Waals surface area (Å²) in [6, 6.07) is 15.9. The summed E-state index contributed by atoms with van der Waals surface area (Å²) in [5.74, 6) is 0.252. The Morgan fingerprint density at radius 2 is 1.86 bits per heavy atom. The zero-order valence-electron chi connectivity index (χ0n) is 16.9. The first kappa shape index (κ1) is 22.2. The average molecular weight is 406 g/mol. The Hall–Kier alpha value is -2.08. The minimum absolute atomic E-state index is 0.0414. The van der Waals surface area contributed by atoms with Crippen molar-refractivity contribution in [2.45, 2.75) is 25.5 Å². The van der Waals surface area contributed by atoms with E-state index < -0.39 is 5.97 Å². The number of ether oxygens (including phenoxy) is 3. The molecule has 0 aliphatic carbocycles. The first-order valence-electron chi connectivity index (χ1n) is 9.20. The van der Waals surface area contributed by atoms with Gasteiger partial charge in [-0.3, -0.25) is 0 Å². The van der Waals surface area contributed by atoms with E-state index in [1.165, 1.54) is 12.7 Å². The highest BCUT2D eigenvalue weighted by molar-refractivity contribution is 6.30. The fourth-order valence-electron chi connectivity index (χ4n) is 2.88. The molecule has 0 saturated heterocycles. The van der Waals surface area contributed by atoms with Crippen molar-refractivity contribution in [2.75, 3.05) is 34.4 Å². The Kier molecular flexibility index (Phi) is 8.77. The van der Waals surface area contributed by atoms with Crippen molar-refractivity contribution in [1.29, 1.82) is 0 Å². The van der Waals surface area contributed by atoms with Crippen LogP contribution < -0.4 is 4.74 Å². The van der Waals surface area contributed by atoms with Gasteiger partial charge in [0.15, 0.2) is 6.61 Å². The zero-order valence-corrected chi connectivity index (χ0v) is 17.6. The van der Waals surface area contributed by atoms with E-state index in [9.17, 15) is 4.79 Å². The van der Waals surface area contributed by atoms with Gasteiger partial charge in [0.1, 0.15) is 5.75 Å². The molecular weight excluding hydrogens is 378 g/mol. The lowest BCUT2D eigenvalue weighted by molar-refractivity contribution is -0.142. The third-order valence-electron chi connectivity index (χ3n) is 4.75. The van der Waals surface area contributed by atoms with Gasteiger partial charge in [-0.15, -0.1) is 0 Å². The number of methoxy groups -OCH3 is 2. The first-order chi connectivity index (χ1) is 13.4. The Bertz CT molecular complexity index is 750. The Labute approximate surface area is 172 Å². The van der Waals surface area contributed by atoms with Gasteiger partial charge in [-0.25, -0.2) is 4.79 Å². The maximum absolute atomic E-state index is 11.1. The SMILES string of the molecule is COC(=O)COc1ccc(CC(C)N(C)C[C@@H](OC)c2cccc(Cl)c2)cc1. The van der Waals surface area contributed by atoms with Gasteiger partial charge in [0.2, 0.25) is 0 Å². The van der Waals surface area contributed by atoms with Crippen molar-refractivity contribution in [3.05, 3.63) is 64.7 Å². The molecule has 0 spiro atoms. The lowest BCUT2D eigenvalue weighted by atomic mass is 10.0. The van der Waals surface area contributed by atoms with Crippen molar-refractivity contribution in [3.63, 3.8) is 0 Å². The number of benzene rings is 2. The topological polar surface area (TPSA) is 48.0 Å². The molecule has 152 valence electrons. The van der Waals surface area contributed by atoms with Crippen LogP contribution in [0.4, 0.5) is 0 Å². The molecule has 0 aliphatic heterocycles. The molecule has 2 aromatic rings. The van der Waals surface area contributed by atoms with Crippen LogP contribution in [-0.2, 0) is 20.7 Å². The van der Waals surface area contributed by atoms with Gasteiger partial charge in [-0.1, -0.05) is 35.9 Å². The number of esters is 1. The second-order valence-electron chi connectivity index (χ2n) is 6.78. The summed E-state index contributed by atoms with van der Waals surface area (Å²) >= 11 is 6.11. The maximum atomic E-state index is 11.1. The van der Waals surface area contributed by atoms with E-state index >= 15 is 0 Å². The summed E-state index contributed by atoms with van der Waals surface area (Å²) in [5, 5.41) is 0.713. The van der Waals surface area contributed by atoms with Gasteiger partial charge in [0.05, 0.1) is 13.2 Å². The number of hydrogen-bond acceptors (Lipinski definition) is 5. The Morgan fingerprint density at radius 3 is 2.46 bits per heavy atom. The molecule has 2 atom stereocenters. The van der Waals surface area contributed by atoms with Crippen LogP contribution in [0.3, 0.4) is 0 Å². The van der Waals surface area contributed by atoms with Gasteiger partial charge in [-0.2, -0.15) is 0 Å². The predicted molar refractivity (Wildman–Crippen MR) is 111 cm³/mol. The van der Waals surface area contributed by atoms with Crippen molar-refractivity contribution in [1.82, 2.24) is 4.90 Å². The van der Waals surface area contributed by atoms with Crippen molar-refractivity contribution < 1.29 is 19.0 Å². The summed E-state index contributed by atoms with van der Waals surface area (Å²) in [6.45, 7) is 2.86. The molecule has 1 unspecified atom stereocenters. The quantitative estimate of drug-likeness (QED) is 0.556. The molecule has 28 heavy (non-hydrogen) atoms. The van der Waals surface area contributed by atoms with Crippen LogP contribution in [0.15, 0.2) is 48.5 Å². The third-order valence-corrected chi connectivity index (χ3v) is 4.99. The number of hydrogen-bond donors (Lipinski definition) is 0.